The van der Waals surface area contributed by atoms with E-state index in [0.717, 1.165) is 12.1 Å². The zero-order valence-corrected chi connectivity index (χ0v) is 13.2. The molecule has 1 aliphatic rings. The van der Waals surface area contributed by atoms with Gasteiger partial charge in [0.1, 0.15) is 11.4 Å². The number of amides is 3. The van der Waals surface area contributed by atoms with Crippen LogP contribution in [0.15, 0.2) is 24.3 Å². The van der Waals surface area contributed by atoms with Crippen molar-refractivity contribution < 1.29 is 14.0 Å². The molecule has 1 heterocycles. The summed E-state index contributed by atoms with van der Waals surface area (Å²) in [6, 6.07) is 6.10. The number of likely N-dealkylation sites (N-methyl/N-ethyl adjacent to an activating group) is 1. The van der Waals surface area contributed by atoms with Crippen molar-refractivity contribution in [3.8, 4) is 0 Å². The molecule has 120 valence electrons. The summed E-state index contributed by atoms with van der Waals surface area (Å²) in [5, 5.41) is 2.66. The number of carbonyl (C=O) groups is 2. The molecule has 2 rings (SSSR count). The van der Waals surface area contributed by atoms with Crippen molar-refractivity contribution in [1.82, 2.24) is 15.1 Å². The van der Waals surface area contributed by atoms with E-state index in [1.54, 1.807) is 19.9 Å². The molecule has 0 aromatic heterocycles. The van der Waals surface area contributed by atoms with Gasteiger partial charge in [0.05, 0.1) is 0 Å². The standard InChI is InChI=1S/C16H22FN3O2/c1-4-19(11-12-6-5-7-13(17)10-12)8-9-20-14(21)16(2,3)18-15(20)22/h5-7,10H,4,8-9,11H2,1-3H3,(H,18,22). The molecule has 0 unspecified atom stereocenters. The SMILES string of the molecule is CCN(CCN1C(=O)NC(C)(C)C1=O)Cc1cccc(F)c1. The Bertz CT molecular complexity index is 574. The highest BCUT2D eigenvalue weighted by atomic mass is 19.1. The number of hydrogen-bond donors (Lipinski definition) is 1. The lowest BCUT2D eigenvalue weighted by molar-refractivity contribution is -0.130. The molecule has 0 bridgehead atoms. The van der Waals surface area contributed by atoms with E-state index in [4.69, 9.17) is 0 Å². The van der Waals surface area contributed by atoms with Crippen molar-refractivity contribution in [2.45, 2.75) is 32.9 Å². The third kappa shape index (κ3) is 3.62. The average Bonchev–Trinajstić information content (AvgIpc) is 2.64. The fourth-order valence-corrected chi connectivity index (χ4v) is 2.50. The Morgan fingerprint density at radius 2 is 2.05 bits per heavy atom. The minimum Gasteiger partial charge on any atom is -0.324 e. The fraction of sp³-hybridized carbons (Fsp3) is 0.500. The summed E-state index contributed by atoms with van der Waals surface area (Å²) in [6.07, 6.45) is 0. The zero-order chi connectivity index (χ0) is 16.3. The van der Waals surface area contributed by atoms with Crippen LogP contribution >= 0.6 is 0 Å². The van der Waals surface area contributed by atoms with Gasteiger partial charge in [0.25, 0.3) is 5.91 Å². The molecule has 1 saturated heterocycles. The van der Waals surface area contributed by atoms with Crippen LogP contribution in [0.2, 0.25) is 0 Å². The van der Waals surface area contributed by atoms with Crippen LogP contribution in [0.4, 0.5) is 9.18 Å². The number of hydrogen-bond acceptors (Lipinski definition) is 3. The highest BCUT2D eigenvalue weighted by molar-refractivity contribution is 6.06. The molecule has 1 N–H and O–H groups in total. The number of urea groups is 1. The van der Waals surface area contributed by atoms with Gasteiger partial charge in [0, 0.05) is 19.6 Å². The molecular formula is C16H22FN3O2. The third-order valence-electron chi connectivity index (χ3n) is 3.83. The normalized spacial score (nSPS) is 17.2. The first-order valence-corrected chi connectivity index (χ1v) is 7.44. The van der Waals surface area contributed by atoms with Crippen LogP contribution < -0.4 is 5.32 Å². The summed E-state index contributed by atoms with van der Waals surface area (Å²) < 4.78 is 13.2. The lowest BCUT2D eigenvalue weighted by Gasteiger charge is -2.23. The maximum absolute atomic E-state index is 13.2. The van der Waals surface area contributed by atoms with Gasteiger partial charge in [-0.05, 0) is 38.1 Å². The van der Waals surface area contributed by atoms with Gasteiger partial charge in [0.15, 0.2) is 0 Å². The summed E-state index contributed by atoms with van der Waals surface area (Å²) >= 11 is 0. The maximum atomic E-state index is 13.2. The minimum absolute atomic E-state index is 0.209. The Hall–Kier alpha value is -1.95. The first-order chi connectivity index (χ1) is 10.3. The molecule has 3 amide bonds. The lowest BCUT2D eigenvalue weighted by atomic mass is 10.1. The number of halogens is 1. The van der Waals surface area contributed by atoms with E-state index in [1.165, 1.54) is 17.0 Å². The number of benzene rings is 1. The number of rotatable bonds is 6. The monoisotopic (exact) mass is 307 g/mol. The van der Waals surface area contributed by atoms with Crippen molar-refractivity contribution in [1.29, 1.82) is 0 Å². The van der Waals surface area contributed by atoms with Crippen molar-refractivity contribution in [2.24, 2.45) is 0 Å². The van der Waals surface area contributed by atoms with E-state index in [0.29, 0.717) is 19.6 Å². The zero-order valence-electron chi connectivity index (χ0n) is 13.2. The van der Waals surface area contributed by atoms with E-state index in [1.807, 2.05) is 13.0 Å². The molecule has 0 radical (unpaired) electrons. The molecule has 0 atom stereocenters. The van der Waals surface area contributed by atoms with Crippen molar-refractivity contribution >= 4 is 11.9 Å². The second kappa shape index (κ2) is 6.44. The second-order valence-corrected chi connectivity index (χ2v) is 6.01. The molecule has 1 aliphatic heterocycles. The van der Waals surface area contributed by atoms with Gasteiger partial charge in [-0.25, -0.2) is 9.18 Å². The van der Waals surface area contributed by atoms with Crippen LogP contribution in [0.1, 0.15) is 26.3 Å². The maximum Gasteiger partial charge on any atom is 0.325 e. The first-order valence-electron chi connectivity index (χ1n) is 7.44. The van der Waals surface area contributed by atoms with E-state index >= 15 is 0 Å². The summed E-state index contributed by atoms with van der Waals surface area (Å²) in [4.78, 5) is 27.3. The Morgan fingerprint density at radius 3 is 2.59 bits per heavy atom. The topological polar surface area (TPSA) is 52.6 Å². The van der Waals surface area contributed by atoms with Crippen LogP contribution in [0.5, 0.6) is 0 Å². The van der Waals surface area contributed by atoms with Crippen LogP contribution in [-0.2, 0) is 11.3 Å². The van der Waals surface area contributed by atoms with Crippen LogP contribution in [0.3, 0.4) is 0 Å². The quantitative estimate of drug-likeness (QED) is 0.818. The molecule has 22 heavy (non-hydrogen) atoms. The fourth-order valence-electron chi connectivity index (χ4n) is 2.50. The molecule has 1 fully saturated rings. The van der Waals surface area contributed by atoms with Gasteiger partial charge in [0.2, 0.25) is 0 Å². The van der Waals surface area contributed by atoms with Crippen molar-refractivity contribution in [3.05, 3.63) is 35.6 Å². The minimum atomic E-state index is -0.837. The Kier molecular flexibility index (Phi) is 4.81. The number of nitrogens with one attached hydrogen (secondary N) is 1. The Balaban J connectivity index is 1.94. The molecule has 0 spiro atoms. The van der Waals surface area contributed by atoms with E-state index in [2.05, 4.69) is 10.2 Å². The average molecular weight is 307 g/mol. The Labute approximate surface area is 130 Å². The smallest absolute Gasteiger partial charge is 0.324 e. The van der Waals surface area contributed by atoms with Crippen molar-refractivity contribution in [2.75, 3.05) is 19.6 Å². The third-order valence-corrected chi connectivity index (χ3v) is 3.83. The summed E-state index contributed by atoms with van der Waals surface area (Å²) in [6.45, 7) is 7.61. The van der Waals surface area contributed by atoms with E-state index in [-0.39, 0.29) is 17.8 Å². The van der Waals surface area contributed by atoms with Crippen LogP contribution in [-0.4, -0.2) is 46.9 Å². The summed E-state index contributed by atoms with van der Waals surface area (Å²) in [5.41, 5.74) is 0.0378. The molecule has 0 saturated carbocycles. The molecular weight excluding hydrogens is 285 g/mol. The highest BCUT2D eigenvalue weighted by Crippen LogP contribution is 2.16. The van der Waals surface area contributed by atoms with E-state index < -0.39 is 5.54 Å². The number of imide groups is 1. The highest BCUT2D eigenvalue weighted by Gasteiger charge is 2.43. The van der Waals surface area contributed by atoms with Crippen LogP contribution in [0, 0.1) is 5.82 Å². The van der Waals surface area contributed by atoms with Gasteiger partial charge in [-0.2, -0.15) is 0 Å². The predicted octanol–water partition coefficient (Wildman–Crippen LogP) is 1.98. The molecule has 5 nitrogen and oxygen atoms in total. The molecule has 6 heteroatoms. The molecule has 0 aliphatic carbocycles. The molecule has 1 aromatic carbocycles. The van der Waals surface area contributed by atoms with Crippen LogP contribution in [0.25, 0.3) is 0 Å². The summed E-state index contributed by atoms with van der Waals surface area (Å²) in [5.74, 6) is -0.469. The van der Waals surface area contributed by atoms with Gasteiger partial charge in [-0.1, -0.05) is 19.1 Å². The first kappa shape index (κ1) is 16.4. The van der Waals surface area contributed by atoms with Gasteiger partial charge < -0.3 is 5.32 Å². The number of carbonyl (C=O) groups excluding carboxylic acids is 2. The molecule has 1 aromatic rings. The predicted molar refractivity (Wildman–Crippen MR) is 81.7 cm³/mol. The second-order valence-electron chi connectivity index (χ2n) is 6.01. The van der Waals surface area contributed by atoms with Gasteiger partial charge >= 0.3 is 6.03 Å². The van der Waals surface area contributed by atoms with Gasteiger partial charge in [-0.15, -0.1) is 0 Å². The van der Waals surface area contributed by atoms with Crippen molar-refractivity contribution in [3.63, 3.8) is 0 Å². The lowest BCUT2D eigenvalue weighted by Crippen LogP contribution is -2.41. The number of nitrogens with zero attached hydrogens (tertiary/aromatic N) is 2. The van der Waals surface area contributed by atoms with E-state index in [9.17, 15) is 14.0 Å². The summed E-state index contributed by atoms with van der Waals surface area (Å²) in [7, 11) is 0. The largest absolute Gasteiger partial charge is 0.325 e. The van der Waals surface area contributed by atoms with Gasteiger partial charge in [-0.3, -0.25) is 14.6 Å². The Morgan fingerprint density at radius 1 is 1.32 bits per heavy atom.